The Hall–Kier alpha value is -2.41. The number of carbonyl (C=O) groups excluding carboxylic acids is 2. The van der Waals surface area contributed by atoms with Crippen molar-refractivity contribution < 1.29 is 14.3 Å². The van der Waals surface area contributed by atoms with Gasteiger partial charge in [0.15, 0.2) is 5.01 Å². The first-order chi connectivity index (χ1) is 13.5. The van der Waals surface area contributed by atoms with Crippen LogP contribution in [0.4, 0.5) is 4.79 Å². The summed E-state index contributed by atoms with van der Waals surface area (Å²) >= 11 is 1.35. The fraction of sp³-hybridized carbons (Fsp3) is 0.476. The van der Waals surface area contributed by atoms with Crippen molar-refractivity contribution in [2.75, 3.05) is 0 Å². The number of thiazole rings is 1. The van der Waals surface area contributed by atoms with E-state index in [1.165, 1.54) is 11.3 Å². The van der Waals surface area contributed by atoms with Crippen LogP contribution in [0.25, 0.3) is 0 Å². The minimum atomic E-state index is -0.575. The number of rotatable bonds is 4. The molecule has 0 unspecified atom stereocenters. The molecule has 28 heavy (non-hydrogen) atoms. The number of benzene rings is 1. The Morgan fingerprint density at radius 1 is 1.21 bits per heavy atom. The van der Waals surface area contributed by atoms with Gasteiger partial charge in [0.1, 0.15) is 5.60 Å². The Labute approximate surface area is 168 Å². The Balaban J connectivity index is 1.44. The zero-order valence-electron chi connectivity index (χ0n) is 16.1. The highest BCUT2D eigenvalue weighted by molar-refractivity contribution is 7.11. The third-order valence-electron chi connectivity index (χ3n) is 5.67. The van der Waals surface area contributed by atoms with Crippen LogP contribution in [-0.4, -0.2) is 39.6 Å². The van der Waals surface area contributed by atoms with Gasteiger partial charge in [-0.15, -0.1) is 11.3 Å². The average molecular weight is 400 g/mol. The molecule has 2 heterocycles. The Kier molecular flexibility index (Phi) is 5.10. The number of nitrogens with one attached hydrogen (secondary N) is 1. The average Bonchev–Trinajstić information content (AvgIpc) is 3.29. The molecule has 7 heteroatoms. The first-order valence-electron chi connectivity index (χ1n) is 9.72. The molecule has 6 nitrogen and oxygen atoms in total. The van der Waals surface area contributed by atoms with Crippen molar-refractivity contribution in [1.82, 2.24) is 15.2 Å². The molecule has 1 aliphatic carbocycles. The third-order valence-corrected chi connectivity index (χ3v) is 6.44. The predicted octanol–water partition coefficient (Wildman–Crippen LogP) is 4.16. The fourth-order valence-electron chi connectivity index (χ4n) is 4.41. The minimum Gasteiger partial charge on any atom is -0.441 e. The van der Waals surface area contributed by atoms with Gasteiger partial charge in [-0.25, -0.2) is 9.78 Å². The van der Waals surface area contributed by atoms with Gasteiger partial charge in [0, 0.05) is 23.7 Å². The lowest BCUT2D eigenvalue weighted by atomic mass is 9.86. The van der Waals surface area contributed by atoms with Crippen molar-refractivity contribution in [3.63, 3.8) is 0 Å². The van der Waals surface area contributed by atoms with Crippen molar-refractivity contribution in [1.29, 1.82) is 0 Å². The van der Waals surface area contributed by atoms with Gasteiger partial charge >= 0.3 is 6.09 Å². The van der Waals surface area contributed by atoms with E-state index in [4.69, 9.17) is 4.74 Å². The van der Waals surface area contributed by atoms with Crippen LogP contribution < -0.4 is 5.32 Å². The highest BCUT2D eigenvalue weighted by atomic mass is 32.1. The molecule has 1 atom stereocenters. The molecular weight excluding hydrogens is 374 g/mol. The molecule has 1 N–H and O–H groups in total. The second kappa shape index (κ2) is 7.54. The molecule has 0 radical (unpaired) electrons. The minimum absolute atomic E-state index is 0.104. The van der Waals surface area contributed by atoms with Crippen LogP contribution in [0, 0.1) is 0 Å². The van der Waals surface area contributed by atoms with E-state index < -0.39 is 5.60 Å². The first kappa shape index (κ1) is 18.9. The predicted molar refractivity (Wildman–Crippen MR) is 107 cm³/mol. The number of ether oxygens (including phenoxy) is 1. The second-order valence-electron chi connectivity index (χ2n) is 8.01. The van der Waals surface area contributed by atoms with E-state index in [0.29, 0.717) is 5.01 Å². The molecule has 1 aromatic heterocycles. The van der Waals surface area contributed by atoms with E-state index in [9.17, 15) is 9.59 Å². The normalized spacial score (nSPS) is 26.7. The lowest BCUT2D eigenvalue weighted by molar-refractivity contribution is 0.0663. The molecule has 1 saturated heterocycles. The monoisotopic (exact) mass is 399 g/mol. The number of cyclic esters (lactones) is 1. The van der Waals surface area contributed by atoms with E-state index in [1.807, 2.05) is 36.9 Å². The summed E-state index contributed by atoms with van der Waals surface area (Å²) in [6, 6.07) is 10.2. The largest absolute Gasteiger partial charge is 0.441 e. The maximum Gasteiger partial charge on any atom is 0.411 e. The first-order valence-corrected chi connectivity index (χ1v) is 10.6. The topological polar surface area (TPSA) is 71.5 Å². The van der Waals surface area contributed by atoms with Gasteiger partial charge in [-0.05, 0) is 45.1 Å². The Morgan fingerprint density at radius 2 is 1.93 bits per heavy atom. The zero-order chi connectivity index (χ0) is 19.7. The van der Waals surface area contributed by atoms with Crippen molar-refractivity contribution >= 4 is 23.3 Å². The van der Waals surface area contributed by atoms with Crippen LogP contribution in [0.3, 0.4) is 0 Å². The van der Waals surface area contributed by atoms with Gasteiger partial charge in [0.05, 0.1) is 6.04 Å². The molecule has 4 rings (SSSR count). The molecule has 2 aromatic rings. The van der Waals surface area contributed by atoms with Crippen LogP contribution in [0.15, 0.2) is 41.9 Å². The molecule has 1 aromatic carbocycles. The highest BCUT2D eigenvalue weighted by Crippen LogP contribution is 2.44. The summed E-state index contributed by atoms with van der Waals surface area (Å²) in [5.41, 5.74) is 0.520. The van der Waals surface area contributed by atoms with Crippen molar-refractivity contribution in [2.45, 2.75) is 63.3 Å². The summed E-state index contributed by atoms with van der Waals surface area (Å²) in [4.78, 5) is 30.9. The number of carbonyl (C=O) groups is 2. The molecule has 148 valence electrons. The van der Waals surface area contributed by atoms with Crippen molar-refractivity contribution in [3.05, 3.63) is 52.5 Å². The number of amides is 2. The number of hydrogen-bond acceptors (Lipinski definition) is 5. The van der Waals surface area contributed by atoms with Gasteiger partial charge in [0.2, 0.25) is 0 Å². The number of aromatic nitrogens is 1. The maximum atomic E-state index is 12.7. The van der Waals surface area contributed by atoms with E-state index in [1.54, 1.807) is 11.6 Å². The summed E-state index contributed by atoms with van der Waals surface area (Å²) in [7, 11) is 0. The maximum absolute atomic E-state index is 12.7. The molecule has 1 aliphatic heterocycles. The van der Waals surface area contributed by atoms with Crippen molar-refractivity contribution in [2.24, 2.45) is 0 Å². The summed E-state index contributed by atoms with van der Waals surface area (Å²) in [5, 5.41) is 5.38. The van der Waals surface area contributed by atoms with Crippen LogP contribution in [-0.2, 0) is 4.74 Å². The van der Waals surface area contributed by atoms with Gasteiger partial charge in [-0.3, -0.25) is 9.69 Å². The lowest BCUT2D eigenvalue weighted by Gasteiger charge is -2.38. The van der Waals surface area contributed by atoms with Gasteiger partial charge < -0.3 is 10.1 Å². The molecular formula is C21H25N3O3S. The second-order valence-corrected chi connectivity index (χ2v) is 8.90. The van der Waals surface area contributed by atoms with Crippen molar-refractivity contribution in [3.8, 4) is 0 Å². The zero-order valence-corrected chi connectivity index (χ0v) is 16.9. The molecule has 0 bridgehead atoms. The van der Waals surface area contributed by atoms with Crippen LogP contribution in [0.1, 0.15) is 60.9 Å². The molecule has 2 fully saturated rings. The third kappa shape index (κ3) is 3.63. The van der Waals surface area contributed by atoms with E-state index in [-0.39, 0.29) is 30.1 Å². The quantitative estimate of drug-likeness (QED) is 0.838. The molecule has 1 saturated carbocycles. The van der Waals surface area contributed by atoms with E-state index >= 15 is 0 Å². The van der Waals surface area contributed by atoms with Gasteiger partial charge in [-0.1, -0.05) is 30.3 Å². The summed E-state index contributed by atoms with van der Waals surface area (Å²) in [5.74, 6) is -0.109. The summed E-state index contributed by atoms with van der Waals surface area (Å²) < 4.78 is 5.73. The Bertz CT molecular complexity index is 830. The Morgan fingerprint density at radius 3 is 2.57 bits per heavy atom. The lowest BCUT2D eigenvalue weighted by Crippen LogP contribution is -2.46. The van der Waals surface area contributed by atoms with E-state index in [2.05, 4.69) is 22.4 Å². The smallest absolute Gasteiger partial charge is 0.411 e. The molecule has 2 aliphatic rings. The summed E-state index contributed by atoms with van der Waals surface area (Å²) in [6.45, 7) is 3.95. The summed E-state index contributed by atoms with van der Waals surface area (Å²) in [6.07, 6.45) is 4.77. The van der Waals surface area contributed by atoms with Crippen LogP contribution in [0.5, 0.6) is 0 Å². The van der Waals surface area contributed by atoms with Gasteiger partial charge in [-0.2, -0.15) is 0 Å². The van der Waals surface area contributed by atoms with Crippen LogP contribution in [0.2, 0.25) is 0 Å². The SMILES string of the molecule is CC1(C)OC(=O)N([C@H]2CC[C@H](NC(=O)c3nccs3)CC2)[C@H]1c1ccccc1. The standard InChI is InChI=1S/C21H25N3O3S/c1-21(2)17(14-6-4-3-5-7-14)24(20(26)27-21)16-10-8-15(9-11-16)23-18(25)19-22-12-13-28-19/h3-7,12-13,15-17H,8-11H2,1-2H3,(H,23,25)/t15-,16-,17-/m0/s1. The number of hydrogen-bond donors (Lipinski definition) is 1. The number of nitrogens with zero attached hydrogens (tertiary/aromatic N) is 2. The molecule has 2 amide bonds. The van der Waals surface area contributed by atoms with E-state index in [0.717, 1.165) is 31.2 Å². The fourth-order valence-corrected chi connectivity index (χ4v) is 4.95. The van der Waals surface area contributed by atoms with Crippen LogP contribution >= 0.6 is 11.3 Å². The highest BCUT2D eigenvalue weighted by Gasteiger charge is 2.51. The molecule has 0 spiro atoms. The van der Waals surface area contributed by atoms with Gasteiger partial charge in [0.25, 0.3) is 5.91 Å².